The van der Waals surface area contributed by atoms with Crippen LogP contribution in [0.2, 0.25) is 5.02 Å². The monoisotopic (exact) mass is 411 g/mol. The average molecular weight is 412 g/mol. The Morgan fingerprint density at radius 3 is 2.25 bits per heavy atom. The number of halogens is 1. The van der Waals surface area contributed by atoms with E-state index in [1.54, 1.807) is 72.8 Å². The fraction of sp³-hybridized carbons (Fsp3) is 0.136. The van der Waals surface area contributed by atoms with E-state index in [2.05, 4.69) is 5.32 Å². The highest BCUT2D eigenvalue weighted by molar-refractivity contribution is 7.93. The van der Waals surface area contributed by atoms with Crippen molar-refractivity contribution in [3.8, 4) is 0 Å². The predicted octanol–water partition coefficient (Wildman–Crippen LogP) is 4.51. The number of hydrogen-bond donors (Lipinski definition) is 1. The van der Waals surface area contributed by atoms with E-state index in [-0.39, 0.29) is 11.3 Å². The first-order chi connectivity index (χ1) is 13.3. The predicted molar refractivity (Wildman–Crippen MR) is 110 cm³/mol. The highest BCUT2D eigenvalue weighted by Gasteiger charge is 2.57. The van der Waals surface area contributed by atoms with Crippen LogP contribution in [-0.2, 0) is 25.8 Å². The first kappa shape index (κ1) is 18.7. The summed E-state index contributed by atoms with van der Waals surface area (Å²) in [7, 11) is -4.03. The number of sulfone groups is 1. The van der Waals surface area contributed by atoms with E-state index in [0.29, 0.717) is 21.8 Å². The molecule has 1 atom stereocenters. The minimum absolute atomic E-state index is 0.0171. The molecule has 1 N–H and O–H groups in total. The van der Waals surface area contributed by atoms with Crippen LogP contribution in [0.25, 0.3) is 0 Å². The number of fused-ring (bicyclic) bond motifs is 1. The first-order valence-electron chi connectivity index (χ1n) is 8.81. The van der Waals surface area contributed by atoms with E-state index in [1.807, 2.05) is 6.92 Å². The molecular formula is C22H18ClNO3S. The van der Waals surface area contributed by atoms with Gasteiger partial charge in [-0.15, -0.1) is 0 Å². The smallest absolute Gasteiger partial charge is 0.251 e. The van der Waals surface area contributed by atoms with Crippen molar-refractivity contribution < 1.29 is 13.2 Å². The maximum atomic E-state index is 13.8. The number of anilines is 1. The van der Waals surface area contributed by atoms with Crippen LogP contribution >= 0.6 is 11.6 Å². The third-order valence-corrected chi connectivity index (χ3v) is 7.75. The average Bonchev–Trinajstić information content (AvgIpc) is 2.97. The van der Waals surface area contributed by atoms with Crippen LogP contribution in [0.3, 0.4) is 0 Å². The molecule has 28 heavy (non-hydrogen) atoms. The summed E-state index contributed by atoms with van der Waals surface area (Å²) in [6.45, 7) is 1.89. The van der Waals surface area contributed by atoms with E-state index in [0.717, 1.165) is 5.56 Å². The molecule has 1 aliphatic heterocycles. The highest BCUT2D eigenvalue weighted by atomic mass is 35.5. The zero-order valence-corrected chi connectivity index (χ0v) is 16.7. The molecule has 0 radical (unpaired) electrons. The van der Waals surface area contributed by atoms with Crippen molar-refractivity contribution in [1.82, 2.24) is 0 Å². The summed E-state index contributed by atoms with van der Waals surface area (Å²) in [4.78, 5) is 13.3. The summed E-state index contributed by atoms with van der Waals surface area (Å²) in [5.41, 5.74) is 2.65. The summed E-state index contributed by atoms with van der Waals surface area (Å²) in [5.74, 6) is -0.538. The van der Waals surface area contributed by atoms with Crippen molar-refractivity contribution >= 4 is 33.0 Å². The van der Waals surface area contributed by atoms with Gasteiger partial charge in [0.1, 0.15) is 0 Å². The second-order valence-corrected chi connectivity index (χ2v) is 9.56. The van der Waals surface area contributed by atoms with Crippen LogP contribution in [0.5, 0.6) is 0 Å². The van der Waals surface area contributed by atoms with Gasteiger partial charge in [0.25, 0.3) is 5.91 Å². The number of carbonyl (C=O) groups excluding carboxylic acids is 1. The summed E-state index contributed by atoms with van der Waals surface area (Å²) < 4.78 is 25.9. The number of aryl methyl sites for hydroxylation is 1. The molecule has 6 heteroatoms. The molecule has 0 fully saturated rings. The van der Waals surface area contributed by atoms with E-state index < -0.39 is 20.5 Å². The van der Waals surface area contributed by atoms with Gasteiger partial charge in [-0.2, -0.15) is 0 Å². The third-order valence-electron chi connectivity index (χ3n) is 5.13. The van der Waals surface area contributed by atoms with Gasteiger partial charge in [0, 0.05) is 22.7 Å². The molecule has 0 saturated carbocycles. The van der Waals surface area contributed by atoms with Gasteiger partial charge < -0.3 is 5.32 Å². The van der Waals surface area contributed by atoms with Crippen molar-refractivity contribution in [2.45, 2.75) is 23.0 Å². The Morgan fingerprint density at radius 1 is 0.929 bits per heavy atom. The Labute approximate surface area is 169 Å². The van der Waals surface area contributed by atoms with Gasteiger partial charge >= 0.3 is 0 Å². The lowest BCUT2D eigenvalue weighted by Crippen LogP contribution is -2.44. The first-order valence-corrected chi connectivity index (χ1v) is 10.7. The van der Waals surface area contributed by atoms with Gasteiger partial charge in [-0.25, -0.2) is 8.42 Å². The number of hydrogen-bond acceptors (Lipinski definition) is 3. The molecule has 4 rings (SSSR count). The fourth-order valence-electron chi connectivity index (χ4n) is 3.64. The molecule has 1 heterocycles. The Morgan fingerprint density at radius 2 is 1.57 bits per heavy atom. The fourth-order valence-corrected chi connectivity index (χ4v) is 5.78. The van der Waals surface area contributed by atoms with Gasteiger partial charge in [-0.1, -0.05) is 59.6 Å². The van der Waals surface area contributed by atoms with Crippen LogP contribution in [0.15, 0.2) is 77.7 Å². The van der Waals surface area contributed by atoms with Crippen molar-refractivity contribution in [3.63, 3.8) is 0 Å². The number of rotatable bonds is 4. The lowest BCUT2D eigenvalue weighted by Gasteiger charge is -2.28. The van der Waals surface area contributed by atoms with Gasteiger partial charge in [0.2, 0.25) is 0 Å². The number of benzene rings is 3. The molecule has 3 aromatic rings. The Balaban J connectivity index is 1.96. The largest absolute Gasteiger partial charge is 0.324 e. The standard InChI is InChI=1S/C22H18ClNO3S/c1-15-6-12-18(13-7-15)28(26,27)22(14-16-8-10-17(23)11-9-16)19-4-2-3-5-20(19)24-21(22)25/h2-13H,14H2,1H3,(H,24,25). The SMILES string of the molecule is Cc1ccc(S(=O)(=O)C2(Cc3ccc(Cl)cc3)C(=O)Nc3ccccc32)cc1. The van der Waals surface area contributed by atoms with Crippen LogP contribution in [-0.4, -0.2) is 14.3 Å². The van der Waals surface area contributed by atoms with E-state index in [9.17, 15) is 13.2 Å². The Hall–Kier alpha value is -2.63. The van der Waals surface area contributed by atoms with Crippen LogP contribution in [0.1, 0.15) is 16.7 Å². The summed E-state index contributed by atoms with van der Waals surface area (Å²) in [6, 6.07) is 20.4. The molecule has 4 nitrogen and oxygen atoms in total. The van der Waals surface area contributed by atoms with Crippen molar-refractivity contribution in [2.24, 2.45) is 0 Å². The normalized spacial score (nSPS) is 18.6. The summed E-state index contributed by atoms with van der Waals surface area (Å²) in [6.07, 6.45) is 0.0171. The van der Waals surface area contributed by atoms with E-state index in [1.165, 1.54) is 0 Å². The topological polar surface area (TPSA) is 63.2 Å². The molecule has 1 aliphatic rings. The number of amides is 1. The van der Waals surface area contributed by atoms with Gasteiger partial charge in [-0.05, 0) is 42.8 Å². The maximum absolute atomic E-state index is 13.8. The molecule has 0 bridgehead atoms. The van der Waals surface area contributed by atoms with Crippen molar-refractivity contribution in [1.29, 1.82) is 0 Å². The molecule has 0 aromatic heterocycles. The molecular weight excluding hydrogens is 394 g/mol. The second kappa shape index (κ2) is 6.76. The van der Waals surface area contributed by atoms with Crippen LogP contribution in [0, 0.1) is 6.92 Å². The lowest BCUT2D eigenvalue weighted by atomic mass is 9.92. The zero-order valence-electron chi connectivity index (χ0n) is 15.1. The minimum Gasteiger partial charge on any atom is -0.324 e. The lowest BCUT2D eigenvalue weighted by molar-refractivity contribution is -0.118. The summed E-state index contributed by atoms with van der Waals surface area (Å²) >= 11 is 5.98. The van der Waals surface area contributed by atoms with E-state index in [4.69, 9.17) is 11.6 Å². The molecule has 3 aromatic carbocycles. The van der Waals surface area contributed by atoms with Crippen LogP contribution in [0.4, 0.5) is 5.69 Å². The molecule has 0 saturated heterocycles. The molecule has 1 unspecified atom stereocenters. The quantitative estimate of drug-likeness (QED) is 0.686. The molecule has 0 spiro atoms. The molecule has 1 amide bonds. The van der Waals surface area contributed by atoms with Gasteiger partial charge in [0.05, 0.1) is 4.90 Å². The highest BCUT2D eigenvalue weighted by Crippen LogP contribution is 2.47. The van der Waals surface area contributed by atoms with Gasteiger partial charge in [0.15, 0.2) is 14.6 Å². The van der Waals surface area contributed by atoms with Gasteiger partial charge in [-0.3, -0.25) is 4.79 Å². The number of nitrogens with one attached hydrogen (secondary N) is 1. The van der Waals surface area contributed by atoms with Crippen LogP contribution < -0.4 is 5.32 Å². The van der Waals surface area contributed by atoms with Crippen molar-refractivity contribution in [3.05, 3.63) is 94.5 Å². The zero-order chi connectivity index (χ0) is 19.9. The molecule has 0 aliphatic carbocycles. The second-order valence-electron chi connectivity index (χ2n) is 6.95. The van der Waals surface area contributed by atoms with E-state index >= 15 is 0 Å². The maximum Gasteiger partial charge on any atom is 0.251 e. The molecule has 142 valence electrons. The number of carbonyl (C=O) groups is 1. The Kier molecular flexibility index (Phi) is 4.52. The van der Waals surface area contributed by atoms with Crippen molar-refractivity contribution in [2.75, 3.05) is 5.32 Å². The minimum atomic E-state index is -4.03. The number of para-hydroxylation sites is 1. The third kappa shape index (κ3) is 2.82. The Bertz CT molecular complexity index is 1160. The summed E-state index contributed by atoms with van der Waals surface area (Å²) in [5, 5.41) is 3.31.